The summed E-state index contributed by atoms with van der Waals surface area (Å²) in [4.78, 5) is 68.5. The number of likely N-dealkylation sites (N-methyl/N-ethyl adjacent to an activating group) is 2. The first-order valence-corrected chi connectivity index (χ1v) is 22.4. The smallest absolute Gasteiger partial charge is 0.259 e. The summed E-state index contributed by atoms with van der Waals surface area (Å²) in [5.41, 5.74) is 7.27. The Balaban J connectivity index is 1.14. The molecule has 4 aromatic rings. The largest absolute Gasteiger partial charge is 0.287 e. The number of carbonyl (C=O) groups is 4. The molecule has 0 saturated heterocycles. The number of carbonyl (C=O) groups excluding carboxylic acids is 4. The van der Waals surface area contributed by atoms with Crippen LogP contribution in [0.25, 0.3) is 50.8 Å². The molecule has 0 N–H and O–H groups in total. The van der Waals surface area contributed by atoms with E-state index in [1.165, 1.54) is 78.1 Å². The van der Waals surface area contributed by atoms with E-state index >= 15 is 0 Å². The fourth-order valence-corrected chi connectivity index (χ4v) is 16.4. The number of amides is 4. The maximum Gasteiger partial charge on any atom is 0.259 e. The molecule has 4 amide bonds. The fourth-order valence-electron chi connectivity index (χ4n) is 10.4. The topological polar surface area (TPSA) is 83.5 Å². The van der Waals surface area contributed by atoms with Crippen LogP contribution in [-0.4, -0.2) is 47.5 Å². The van der Waals surface area contributed by atoms with Crippen molar-refractivity contribution in [1.29, 1.82) is 0 Å². The van der Waals surface area contributed by atoms with Gasteiger partial charge in [0.25, 0.3) is 35.0 Å². The summed E-state index contributed by atoms with van der Waals surface area (Å²) < 4.78 is 2.85. The van der Waals surface area contributed by atoms with Crippen molar-refractivity contribution in [3.63, 3.8) is 0 Å². The van der Waals surface area contributed by atoms with Crippen LogP contribution >= 0.6 is 45.3 Å². The van der Waals surface area contributed by atoms with Crippen molar-refractivity contribution in [3.8, 4) is 19.5 Å². The van der Waals surface area contributed by atoms with Crippen molar-refractivity contribution in [2.24, 2.45) is 0 Å². The monoisotopic (exact) mass is 812 g/mol. The maximum absolute atomic E-state index is 13.4. The first-order chi connectivity index (χ1) is 27.0. The van der Waals surface area contributed by atoms with Crippen LogP contribution in [0.4, 0.5) is 0 Å². The lowest BCUT2D eigenvalue weighted by molar-refractivity contribution is -0.140. The van der Waals surface area contributed by atoms with E-state index in [1.54, 1.807) is 36.5 Å². The Labute approximate surface area is 340 Å². The predicted molar refractivity (Wildman–Crippen MR) is 224 cm³/mol. The zero-order valence-electron chi connectivity index (χ0n) is 31.4. The van der Waals surface area contributed by atoms with Crippen LogP contribution in [0.1, 0.15) is 110 Å². The second-order valence-corrected chi connectivity index (χ2v) is 20.2. The number of hydrogen-bond acceptors (Lipinski definition) is 8. The molecule has 12 heteroatoms. The minimum Gasteiger partial charge on any atom is -0.287 e. The van der Waals surface area contributed by atoms with Crippen LogP contribution < -0.4 is 0 Å². The first kappa shape index (κ1) is 35.7. The lowest BCUT2D eigenvalue weighted by Crippen LogP contribution is -2.39. The Morgan fingerprint density at radius 3 is 1.30 bits per heavy atom. The number of fused-ring (bicyclic) bond motifs is 13. The average Bonchev–Trinajstić information content (AvgIpc) is 4.03. The predicted octanol–water partition coefficient (Wildman–Crippen LogP) is 10.7. The second kappa shape index (κ2) is 12.4. The van der Waals surface area contributed by atoms with Gasteiger partial charge in [-0.1, -0.05) is 38.5 Å². The van der Waals surface area contributed by atoms with Gasteiger partial charge in [-0.2, -0.15) is 0 Å². The van der Waals surface area contributed by atoms with E-state index in [2.05, 4.69) is 21.8 Å². The van der Waals surface area contributed by atoms with Gasteiger partial charge in [0.15, 0.2) is 0 Å². The highest BCUT2D eigenvalue weighted by Crippen LogP contribution is 2.69. The molecule has 0 radical (unpaired) electrons. The Morgan fingerprint density at radius 2 is 0.946 bits per heavy atom. The minimum absolute atomic E-state index is 0.00232. The molecule has 2 spiro atoms. The summed E-state index contributed by atoms with van der Waals surface area (Å²) >= 11 is 7.39. The van der Waals surface area contributed by atoms with Gasteiger partial charge in [-0.05, 0) is 86.1 Å². The molecule has 10 rings (SSSR count). The van der Waals surface area contributed by atoms with Crippen molar-refractivity contribution in [3.05, 3.63) is 101 Å². The van der Waals surface area contributed by atoms with Gasteiger partial charge in [0.2, 0.25) is 0 Å². The lowest BCUT2D eigenvalue weighted by Gasteiger charge is -2.35. The number of hydrogen-bond donors (Lipinski definition) is 0. The van der Waals surface area contributed by atoms with Crippen molar-refractivity contribution in [1.82, 2.24) is 9.80 Å². The van der Waals surface area contributed by atoms with Crippen LogP contribution in [0.15, 0.2) is 45.8 Å². The molecule has 6 aliphatic rings. The highest BCUT2D eigenvalue weighted by Gasteiger charge is 2.53. The van der Waals surface area contributed by atoms with Gasteiger partial charge < -0.3 is 0 Å². The fraction of sp³-hybridized carbons (Fsp3) is 0.364. The van der Waals surface area contributed by atoms with Crippen LogP contribution in [0.5, 0.6) is 0 Å². The van der Waals surface area contributed by atoms with Crippen molar-refractivity contribution < 1.29 is 19.2 Å². The van der Waals surface area contributed by atoms with E-state index in [9.17, 15) is 19.2 Å². The number of nitrogens with zero attached hydrogens (tertiary/aromatic N) is 4. The van der Waals surface area contributed by atoms with Gasteiger partial charge in [-0.25, -0.2) is 9.69 Å². The zero-order valence-corrected chi connectivity index (χ0v) is 34.7. The first-order valence-electron chi connectivity index (χ1n) is 19.1. The molecule has 2 aliphatic heterocycles. The van der Waals surface area contributed by atoms with Crippen LogP contribution in [0, 0.1) is 13.1 Å². The van der Waals surface area contributed by atoms with Crippen LogP contribution in [-0.2, 0) is 30.0 Å². The molecule has 0 atom stereocenters. The van der Waals surface area contributed by atoms with Crippen LogP contribution in [0.3, 0.4) is 0 Å². The molecule has 2 saturated carbocycles. The van der Waals surface area contributed by atoms with Gasteiger partial charge in [-0.3, -0.25) is 29.0 Å². The number of rotatable bonds is 2. The standard InChI is InChI=1S/C44H36N4O4S4/c1-21-25(39(49)47(5)41(51)31(21)45-3)17-23-19-27-33(53-23)35-29(43(27)13-9-7-10-14-43)37-38(55-35)30-36(56-37)34-28(44(30)15-11-8-12-16-44)20-24(54-34)18-26-22(2)32(46-4)42(52)48(6)40(26)50/h17-20H,7-16H2,1-2,5-6H3/b25-17-,26-18+. The molecular formula is C44H36N4O4S4. The van der Waals surface area contributed by atoms with Crippen molar-refractivity contribution in [2.45, 2.75) is 88.9 Å². The summed E-state index contributed by atoms with van der Waals surface area (Å²) in [7, 11) is 2.90. The van der Waals surface area contributed by atoms with Gasteiger partial charge in [-0.15, -0.1) is 45.3 Å². The summed E-state index contributed by atoms with van der Waals surface area (Å²) in [5, 5.41) is 0. The molecule has 0 aromatic carbocycles. The third-order valence-corrected chi connectivity index (χ3v) is 18.3. The van der Waals surface area contributed by atoms with E-state index in [4.69, 9.17) is 13.1 Å². The molecule has 56 heavy (non-hydrogen) atoms. The molecule has 0 bridgehead atoms. The zero-order chi connectivity index (χ0) is 39.0. The quantitative estimate of drug-likeness (QED) is 0.115. The Bertz CT molecular complexity index is 2580. The Kier molecular flexibility index (Phi) is 7.89. The van der Waals surface area contributed by atoms with Crippen LogP contribution in [0.2, 0.25) is 0 Å². The second-order valence-electron chi connectivity index (χ2n) is 16.0. The average molecular weight is 813 g/mol. The minimum atomic E-state index is -0.545. The molecule has 0 unspecified atom stereocenters. The van der Waals surface area contributed by atoms with E-state index in [0.717, 1.165) is 70.9 Å². The van der Waals surface area contributed by atoms with E-state index < -0.39 is 11.8 Å². The molecule has 4 aliphatic carbocycles. The molecule has 280 valence electrons. The lowest BCUT2D eigenvalue weighted by atomic mass is 9.67. The van der Waals surface area contributed by atoms with Gasteiger partial charge in [0.1, 0.15) is 0 Å². The third-order valence-electron chi connectivity index (χ3n) is 13.2. The SMILES string of the molecule is [C-]#[N+]C1=C(C)/C(=C/c2cc3c(s2)-c2sc4c5c(sc4c2C32CCCCC2)-c2sc(/C=C3/C(=O)N(C)C(=O)C([N+]#[C-])=C3C)cc2C52CCCCC2)C(=O)N(C)C1=O. The molecule has 2 fully saturated rings. The third kappa shape index (κ3) is 4.53. The summed E-state index contributed by atoms with van der Waals surface area (Å²) in [6.45, 7) is 18.7. The van der Waals surface area contributed by atoms with Crippen molar-refractivity contribution in [2.75, 3.05) is 14.1 Å². The van der Waals surface area contributed by atoms with Gasteiger partial charge >= 0.3 is 0 Å². The Hall–Kier alpha value is -4.72. The summed E-state index contributed by atoms with van der Waals surface area (Å²) in [6, 6.07) is 4.58. The summed E-state index contributed by atoms with van der Waals surface area (Å²) in [5.74, 6) is -1.83. The number of imide groups is 2. The highest BCUT2D eigenvalue weighted by atomic mass is 32.1. The van der Waals surface area contributed by atoms with Gasteiger partial charge in [0, 0.05) is 66.7 Å². The number of thiophene rings is 4. The van der Waals surface area contributed by atoms with E-state index in [1.807, 2.05) is 34.8 Å². The molecular weight excluding hydrogens is 777 g/mol. The Morgan fingerprint density at radius 1 is 0.571 bits per heavy atom. The van der Waals surface area contributed by atoms with Gasteiger partial charge in [0.05, 0.1) is 32.3 Å². The normalized spacial score (nSPS) is 22.5. The summed E-state index contributed by atoms with van der Waals surface area (Å²) in [6.07, 6.45) is 15.2. The molecule has 8 nitrogen and oxygen atoms in total. The molecule has 4 aromatic heterocycles. The highest BCUT2D eigenvalue weighted by molar-refractivity contribution is 7.34. The van der Waals surface area contributed by atoms with E-state index in [0.29, 0.717) is 22.3 Å². The maximum atomic E-state index is 13.4. The van der Waals surface area contributed by atoms with E-state index in [-0.39, 0.29) is 34.0 Å². The van der Waals surface area contributed by atoms with Crippen molar-refractivity contribution >= 4 is 90.5 Å². The molecule has 6 heterocycles.